The van der Waals surface area contributed by atoms with Crippen LogP contribution in [0.4, 0.5) is 10.1 Å². The Kier molecular flexibility index (Phi) is 6.46. The Morgan fingerprint density at radius 2 is 1.41 bits per heavy atom. The van der Waals surface area contributed by atoms with E-state index in [2.05, 4.69) is 19.9 Å². The molecule has 0 fully saturated rings. The minimum Gasteiger partial charge on any atom is -0.269 e. The SMILES string of the molecule is O=S(=O)(Cc1ncccn1)N(CC(c1cccnc1)c1cccnc1)c1ccc(F)cc1. The fourth-order valence-corrected chi connectivity index (χ4v) is 4.82. The van der Waals surface area contributed by atoms with Crippen molar-refractivity contribution in [2.75, 3.05) is 10.8 Å². The van der Waals surface area contributed by atoms with Gasteiger partial charge in [-0.05, 0) is 53.6 Å². The number of aromatic nitrogens is 4. The highest BCUT2D eigenvalue weighted by Crippen LogP contribution is 2.29. The first-order valence-corrected chi connectivity index (χ1v) is 11.5. The molecule has 162 valence electrons. The lowest BCUT2D eigenvalue weighted by molar-refractivity contribution is 0.585. The zero-order valence-electron chi connectivity index (χ0n) is 17.0. The van der Waals surface area contributed by atoms with Crippen molar-refractivity contribution in [2.45, 2.75) is 11.7 Å². The summed E-state index contributed by atoms with van der Waals surface area (Å²) in [4.78, 5) is 16.5. The summed E-state index contributed by atoms with van der Waals surface area (Å²) in [6, 6.07) is 14.4. The topological polar surface area (TPSA) is 88.9 Å². The minimum atomic E-state index is -3.91. The molecule has 3 heterocycles. The van der Waals surface area contributed by atoms with Gasteiger partial charge in [0, 0.05) is 49.6 Å². The molecule has 7 nitrogen and oxygen atoms in total. The van der Waals surface area contributed by atoms with E-state index in [1.807, 2.05) is 12.1 Å². The number of hydrogen-bond donors (Lipinski definition) is 0. The van der Waals surface area contributed by atoms with Gasteiger partial charge >= 0.3 is 0 Å². The van der Waals surface area contributed by atoms with Gasteiger partial charge in [-0.25, -0.2) is 22.8 Å². The lowest BCUT2D eigenvalue weighted by Crippen LogP contribution is -2.36. The molecule has 0 aliphatic heterocycles. The first-order chi connectivity index (χ1) is 15.5. The molecule has 4 rings (SSSR count). The first-order valence-electron chi connectivity index (χ1n) is 9.85. The molecule has 32 heavy (non-hydrogen) atoms. The van der Waals surface area contributed by atoms with E-state index in [4.69, 9.17) is 0 Å². The molecule has 0 amide bonds. The van der Waals surface area contributed by atoms with E-state index in [9.17, 15) is 12.8 Å². The average molecular weight is 450 g/mol. The van der Waals surface area contributed by atoms with E-state index in [0.29, 0.717) is 5.69 Å². The van der Waals surface area contributed by atoms with Crippen molar-refractivity contribution >= 4 is 15.7 Å². The van der Waals surface area contributed by atoms with Crippen molar-refractivity contribution < 1.29 is 12.8 Å². The Morgan fingerprint density at radius 1 is 0.812 bits per heavy atom. The van der Waals surface area contributed by atoms with E-state index in [1.165, 1.54) is 41.0 Å². The van der Waals surface area contributed by atoms with Gasteiger partial charge in [0.1, 0.15) is 17.4 Å². The number of rotatable bonds is 8. The predicted octanol–water partition coefficient (Wildman–Crippen LogP) is 3.57. The molecule has 9 heteroatoms. The molecular formula is C23H20FN5O2S. The summed E-state index contributed by atoms with van der Waals surface area (Å²) in [5, 5.41) is 0. The fraction of sp³-hybridized carbons (Fsp3) is 0.130. The lowest BCUT2D eigenvalue weighted by Gasteiger charge is -2.29. The molecular weight excluding hydrogens is 429 g/mol. The van der Waals surface area contributed by atoms with Crippen LogP contribution in [0.1, 0.15) is 22.9 Å². The highest BCUT2D eigenvalue weighted by molar-refractivity contribution is 7.92. The number of sulfonamides is 1. The molecule has 0 unspecified atom stereocenters. The van der Waals surface area contributed by atoms with Gasteiger partial charge in [-0.3, -0.25) is 14.3 Å². The van der Waals surface area contributed by atoms with Crippen LogP contribution < -0.4 is 4.31 Å². The molecule has 0 spiro atoms. The zero-order chi connectivity index (χ0) is 22.4. The van der Waals surface area contributed by atoms with Gasteiger partial charge in [0.05, 0.1) is 5.69 Å². The summed E-state index contributed by atoms with van der Waals surface area (Å²) in [7, 11) is -3.91. The van der Waals surface area contributed by atoms with Gasteiger partial charge in [-0.1, -0.05) is 12.1 Å². The van der Waals surface area contributed by atoms with E-state index >= 15 is 0 Å². The van der Waals surface area contributed by atoms with Crippen LogP contribution in [0.5, 0.6) is 0 Å². The van der Waals surface area contributed by atoms with E-state index in [-0.39, 0.29) is 18.3 Å². The summed E-state index contributed by atoms with van der Waals surface area (Å²) in [5.74, 6) is -1.01. The number of halogens is 1. The Hall–Kier alpha value is -3.72. The quantitative estimate of drug-likeness (QED) is 0.409. The second-order valence-corrected chi connectivity index (χ2v) is 8.95. The second-order valence-electron chi connectivity index (χ2n) is 7.05. The van der Waals surface area contributed by atoms with Crippen LogP contribution in [0.25, 0.3) is 0 Å². The predicted molar refractivity (Wildman–Crippen MR) is 119 cm³/mol. The largest absolute Gasteiger partial charge is 0.269 e. The number of nitrogens with zero attached hydrogens (tertiary/aromatic N) is 5. The van der Waals surface area contributed by atoms with Crippen LogP contribution in [-0.2, 0) is 15.8 Å². The van der Waals surface area contributed by atoms with Crippen molar-refractivity contribution in [2.24, 2.45) is 0 Å². The van der Waals surface area contributed by atoms with Crippen molar-refractivity contribution in [3.8, 4) is 0 Å². The van der Waals surface area contributed by atoms with Crippen LogP contribution >= 0.6 is 0 Å². The Balaban J connectivity index is 1.77. The van der Waals surface area contributed by atoms with Crippen LogP contribution in [-0.4, -0.2) is 34.9 Å². The van der Waals surface area contributed by atoms with E-state index < -0.39 is 21.6 Å². The van der Waals surface area contributed by atoms with Crippen LogP contribution in [0.3, 0.4) is 0 Å². The summed E-state index contributed by atoms with van der Waals surface area (Å²) in [6.45, 7) is 0.0676. The Labute approximate surface area is 185 Å². The number of anilines is 1. The minimum absolute atomic E-state index is 0.0676. The second kappa shape index (κ2) is 9.61. The summed E-state index contributed by atoms with van der Waals surface area (Å²) in [6.07, 6.45) is 9.71. The molecule has 1 aromatic carbocycles. The third kappa shape index (κ3) is 5.12. The lowest BCUT2D eigenvalue weighted by atomic mass is 9.93. The first kappa shape index (κ1) is 21.5. The summed E-state index contributed by atoms with van der Waals surface area (Å²) < 4.78 is 41.9. The average Bonchev–Trinajstić information content (AvgIpc) is 2.82. The number of pyridine rings is 2. The molecule has 0 aliphatic carbocycles. The highest BCUT2D eigenvalue weighted by Gasteiger charge is 2.29. The maximum Gasteiger partial charge on any atom is 0.242 e. The third-order valence-electron chi connectivity index (χ3n) is 4.90. The summed E-state index contributed by atoms with van der Waals surface area (Å²) in [5.41, 5.74) is 2.01. The zero-order valence-corrected chi connectivity index (χ0v) is 17.8. The molecule has 0 saturated heterocycles. The Morgan fingerprint density at radius 3 is 1.94 bits per heavy atom. The molecule has 0 aliphatic rings. The molecule has 0 N–H and O–H groups in total. The van der Waals surface area contributed by atoms with Crippen molar-refractivity contribution in [3.63, 3.8) is 0 Å². The van der Waals surface area contributed by atoms with Crippen molar-refractivity contribution in [1.82, 2.24) is 19.9 Å². The van der Waals surface area contributed by atoms with Crippen LogP contribution in [0.15, 0.2) is 91.8 Å². The van der Waals surface area contributed by atoms with Crippen molar-refractivity contribution in [3.05, 3.63) is 115 Å². The third-order valence-corrected chi connectivity index (χ3v) is 6.56. The van der Waals surface area contributed by atoms with Crippen molar-refractivity contribution in [1.29, 1.82) is 0 Å². The van der Waals surface area contributed by atoms with Gasteiger partial charge in [0.2, 0.25) is 10.0 Å². The van der Waals surface area contributed by atoms with Crippen LogP contribution in [0, 0.1) is 5.82 Å². The van der Waals surface area contributed by atoms with E-state index in [0.717, 1.165) is 11.1 Å². The monoisotopic (exact) mass is 449 g/mol. The normalized spacial score (nSPS) is 11.4. The maximum absolute atomic E-state index is 13.6. The van der Waals surface area contributed by atoms with Gasteiger partial charge in [-0.15, -0.1) is 0 Å². The summed E-state index contributed by atoms with van der Waals surface area (Å²) >= 11 is 0. The van der Waals surface area contributed by atoms with Gasteiger partial charge < -0.3 is 0 Å². The highest BCUT2D eigenvalue weighted by atomic mass is 32.2. The van der Waals surface area contributed by atoms with Crippen LogP contribution in [0.2, 0.25) is 0 Å². The Bertz CT molecular complexity index is 1200. The smallest absolute Gasteiger partial charge is 0.242 e. The molecule has 0 radical (unpaired) electrons. The molecule has 3 aromatic heterocycles. The standard InChI is InChI=1S/C23H20FN5O2S/c24-20-6-8-21(9-7-20)29(32(30,31)17-23-27-12-3-13-28-23)16-22(18-4-1-10-25-14-18)19-5-2-11-26-15-19/h1-15,22H,16-17H2. The number of benzene rings is 1. The maximum atomic E-state index is 13.6. The van der Waals surface area contributed by atoms with Gasteiger partial charge in [-0.2, -0.15) is 0 Å². The molecule has 0 saturated carbocycles. The van der Waals surface area contributed by atoms with Gasteiger partial charge in [0.25, 0.3) is 0 Å². The van der Waals surface area contributed by atoms with E-state index in [1.54, 1.807) is 43.0 Å². The molecule has 4 aromatic rings. The molecule has 0 bridgehead atoms. The molecule has 0 atom stereocenters. The fourth-order valence-electron chi connectivity index (χ4n) is 3.37. The van der Waals surface area contributed by atoms with Gasteiger partial charge in [0.15, 0.2) is 0 Å². The number of hydrogen-bond acceptors (Lipinski definition) is 6.